The topological polar surface area (TPSA) is 118 Å². The van der Waals surface area contributed by atoms with Crippen LogP contribution in [0.2, 0.25) is 5.02 Å². The fourth-order valence-electron chi connectivity index (χ4n) is 2.97. The Labute approximate surface area is 219 Å². The monoisotopic (exact) mass is 548 g/mol. The summed E-state index contributed by atoms with van der Waals surface area (Å²) in [6.45, 7) is -0.502. The molecule has 0 aliphatic carbocycles. The van der Waals surface area contributed by atoms with Crippen molar-refractivity contribution in [3.05, 3.63) is 82.9 Å². The number of hydrogen-bond donors (Lipinski definition) is 3. The number of ether oxygens (including phenoxy) is 2. The van der Waals surface area contributed by atoms with Gasteiger partial charge in [-0.25, -0.2) is 5.43 Å². The van der Waals surface area contributed by atoms with E-state index >= 15 is 0 Å². The van der Waals surface area contributed by atoms with Crippen LogP contribution in [0.1, 0.15) is 11.1 Å². The third-order valence-corrected chi connectivity index (χ3v) is 4.92. The number of carbonyl (C=O) groups excluding carboxylic acids is 3. The second-order valence-electron chi connectivity index (χ2n) is 7.49. The summed E-state index contributed by atoms with van der Waals surface area (Å²) >= 11 is 5.83. The summed E-state index contributed by atoms with van der Waals surface area (Å²) < 4.78 is 49.1. The molecule has 38 heavy (non-hydrogen) atoms. The number of nitrogens with one attached hydrogen (secondary N) is 3. The Hall–Kier alpha value is -4.58. The van der Waals surface area contributed by atoms with Crippen LogP contribution < -0.4 is 25.5 Å². The van der Waals surface area contributed by atoms with Gasteiger partial charge in [0.05, 0.1) is 18.9 Å². The molecule has 0 unspecified atom stereocenters. The quantitative estimate of drug-likeness (QED) is 0.218. The van der Waals surface area contributed by atoms with Crippen molar-refractivity contribution in [2.45, 2.75) is 6.18 Å². The molecule has 0 radical (unpaired) electrons. The zero-order valence-corrected chi connectivity index (χ0v) is 20.4. The third kappa shape index (κ3) is 8.23. The van der Waals surface area contributed by atoms with E-state index in [-0.39, 0.29) is 17.2 Å². The summed E-state index contributed by atoms with van der Waals surface area (Å²) in [6, 6.07) is 14.9. The van der Waals surface area contributed by atoms with Gasteiger partial charge in [0.2, 0.25) is 0 Å². The molecular weight excluding hydrogens is 529 g/mol. The first-order valence-corrected chi connectivity index (χ1v) is 11.1. The van der Waals surface area contributed by atoms with E-state index in [2.05, 4.69) is 21.2 Å². The average molecular weight is 549 g/mol. The molecule has 198 valence electrons. The molecule has 3 aromatic carbocycles. The van der Waals surface area contributed by atoms with Crippen molar-refractivity contribution < 1.29 is 37.0 Å². The van der Waals surface area contributed by atoms with E-state index in [0.717, 1.165) is 12.1 Å². The first kappa shape index (κ1) is 28.0. The molecule has 0 saturated heterocycles. The van der Waals surface area contributed by atoms with Crippen LogP contribution >= 0.6 is 11.6 Å². The van der Waals surface area contributed by atoms with E-state index in [1.165, 1.54) is 49.7 Å². The van der Waals surface area contributed by atoms with Crippen molar-refractivity contribution in [3.63, 3.8) is 0 Å². The third-order valence-electron chi connectivity index (χ3n) is 4.69. The minimum Gasteiger partial charge on any atom is -0.493 e. The van der Waals surface area contributed by atoms with Gasteiger partial charge in [-0.1, -0.05) is 23.7 Å². The number of benzene rings is 3. The molecule has 0 aliphatic heterocycles. The van der Waals surface area contributed by atoms with Crippen LogP contribution in [0.25, 0.3) is 0 Å². The van der Waals surface area contributed by atoms with Crippen molar-refractivity contribution >= 4 is 46.9 Å². The van der Waals surface area contributed by atoms with Crippen molar-refractivity contribution in [1.29, 1.82) is 0 Å². The van der Waals surface area contributed by atoms with Gasteiger partial charge in [-0.3, -0.25) is 14.4 Å². The average Bonchev–Trinajstić information content (AvgIpc) is 2.87. The first-order chi connectivity index (χ1) is 18.0. The van der Waals surface area contributed by atoms with E-state index in [1.54, 1.807) is 18.2 Å². The molecule has 0 fully saturated rings. The highest BCUT2D eigenvalue weighted by Crippen LogP contribution is 2.31. The lowest BCUT2D eigenvalue weighted by atomic mass is 10.2. The Morgan fingerprint density at radius 2 is 1.63 bits per heavy atom. The van der Waals surface area contributed by atoms with Crippen LogP contribution in [0, 0.1) is 0 Å². The Bertz CT molecular complexity index is 1360. The van der Waals surface area contributed by atoms with Crippen LogP contribution in [-0.4, -0.2) is 37.7 Å². The minimum absolute atomic E-state index is 0.0322. The Balaban J connectivity index is 1.53. The predicted octanol–water partition coefficient (Wildman–Crippen LogP) is 4.47. The fraction of sp³-hybridized carbons (Fsp3) is 0.120. The Kier molecular flexibility index (Phi) is 9.28. The number of alkyl halides is 3. The summed E-state index contributed by atoms with van der Waals surface area (Å²) in [6.07, 6.45) is -3.29. The number of methoxy groups -OCH3 is 1. The van der Waals surface area contributed by atoms with Gasteiger partial charge in [-0.15, -0.1) is 0 Å². The normalized spacial score (nSPS) is 11.1. The van der Waals surface area contributed by atoms with Gasteiger partial charge in [0.25, 0.3) is 5.91 Å². The second-order valence-corrected chi connectivity index (χ2v) is 7.93. The van der Waals surface area contributed by atoms with E-state index in [1.807, 2.05) is 0 Å². The number of nitrogens with zero attached hydrogens (tertiary/aromatic N) is 1. The number of rotatable bonds is 8. The zero-order chi connectivity index (χ0) is 27.7. The lowest BCUT2D eigenvalue weighted by Gasteiger charge is -2.12. The summed E-state index contributed by atoms with van der Waals surface area (Å²) in [4.78, 5) is 36.0. The van der Waals surface area contributed by atoms with Gasteiger partial charge < -0.3 is 20.1 Å². The highest BCUT2D eigenvalue weighted by atomic mass is 35.5. The molecule has 0 saturated carbocycles. The zero-order valence-electron chi connectivity index (χ0n) is 19.6. The summed E-state index contributed by atoms with van der Waals surface area (Å²) in [5.41, 5.74) is 1.95. The van der Waals surface area contributed by atoms with Crippen molar-refractivity contribution in [2.24, 2.45) is 5.10 Å². The van der Waals surface area contributed by atoms with Gasteiger partial charge in [0.15, 0.2) is 18.1 Å². The number of hydrogen-bond acceptors (Lipinski definition) is 6. The summed E-state index contributed by atoms with van der Waals surface area (Å²) in [5.74, 6) is -2.26. The maximum absolute atomic E-state index is 12.8. The molecule has 3 amide bonds. The molecule has 0 spiro atoms. The highest BCUT2D eigenvalue weighted by Gasteiger charge is 2.30. The van der Waals surface area contributed by atoms with Gasteiger partial charge in [-0.05, 0) is 60.2 Å². The molecule has 0 heterocycles. The molecule has 0 bridgehead atoms. The number of carbonyl (C=O) groups is 3. The number of halogens is 4. The van der Waals surface area contributed by atoms with E-state index < -0.39 is 36.1 Å². The SMILES string of the molecule is COc1cc(/C=N\NC(=O)C(=O)Nc2cccc(Cl)c2)ccc1OCC(=O)Nc1cccc(C(F)(F)F)c1. The Morgan fingerprint density at radius 1 is 0.921 bits per heavy atom. The molecule has 0 atom stereocenters. The van der Waals surface area contributed by atoms with Crippen molar-refractivity contribution in [1.82, 2.24) is 5.43 Å². The molecule has 3 N–H and O–H groups in total. The molecule has 13 heteroatoms. The van der Waals surface area contributed by atoms with E-state index in [0.29, 0.717) is 16.3 Å². The second kappa shape index (κ2) is 12.6. The number of anilines is 2. The van der Waals surface area contributed by atoms with Crippen molar-refractivity contribution in [2.75, 3.05) is 24.4 Å². The molecular formula is C25H20ClF3N4O5. The molecule has 0 aliphatic rings. The van der Waals surface area contributed by atoms with Crippen LogP contribution in [0.15, 0.2) is 71.8 Å². The van der Waals surface area contributed by atoms with Gasteiger partial charge in [0, 0.05) is 16.4 Å². The smallest absolute Gasteiger partial charge is 0.416 e. The van der Waals surface area contributed by atoms with Crippen LogP contribution in [-0.2, 0) is 20.6 Å². The number of amides is 3. The number of hydrazone groups is 1. The largest absolute Gasteiger partial charge is 0.493 e. The highest BCUT2D eigenvalue weighted by molar-refractivity contribution is 6.39. The van der Waals surface area contributed by atoms with E-state index in [4.69, 9.17) is 21.1 Å². The maximum atomic E-state index is 12.8. The van der Waals surface area contributed by atoms with E-state index in [9.17, 15) is 27.6 Å². The minimum atomic E-state index is -4.54. The van der Waals surface area contributed by atoms with Crippen LogP contribution in [0.5, 0.6) is 11.5 Å². The summed E-state index contributed by atoms with van der Waals surface area (Å²) in [7, 11) is 1.35. The van der Waals surface area contributed by atoms with Gasteiger partial charge in [0.1, 0.15) is 0 Å². The van der Waals surface area contributed by atoms with Crippen molar-refractivity contribution in [3.8, 4) is 11.5 Å². The first-order valence-electron chi connectivity index (χ1n) is 10.7. The molecule has 3 rings (SSSR count). The fourth-order valence-corrected chi connectivity index (χ4v) is 3.16. The molecule has 0 aromatic heterocycles. The summed E-state index contributed by atoms with van der Waals surface area (Å²) in [5, 5.41) is 8.82. The Morgan fingerprint density at radius 3 is 2.32 bits per heavy atom. The lowest BCUT2D eigenvalue weighted by Crippen LogP contribution is -2.32. The van der Waals surface area contributed by atoms with Gasteiger partial charge >= 0.3 is 18.0 Å². The maximum Gasteiger partial charge on any atom is 0.416 e. The molecule has 9 nitrogen and oxygen atoms in total. The van der Waals surface area contributed by atoms with Gasteiger partial charge in [-0.2, -0.15) is 18.3 Å². The predicted molar refractivity (Wildman–Crippen MR) is 134 cm³/mol. The van der Waals surface area contributed by atoms with Crippen LogP contribution in [0.4, 0.5) is 24.5 Å². The molecule has 3 aromatic rings. The van der Waals surface area contributed by atoms with Crippen LogP contribution in [0.3, 0.4) is 0 Å². The lowest BCUT2D eigenvalue weighted by molar-refractivity contribution is -0.137. The standard InChI is InChI=1S/C25H20ClF3N4O5/c1-37-21-10-15(13-30-33-24(36)23(35)32-19-7-3-5-17(26)12-19)8-9-20(21)38-14-22(34)31-18-6-2-4-16(11-18)25(27,28)29/h2-13H,14H2,1H3,(H,31,34)(H,32,35)(H,33,36)/b30-13-.